The van der Waals surface area contributed by atoms with Crippen LogP contribution in [0.5, 0.6) is 0 Å². The van der Waals surface area contributed by atoms with E-state index in [1.54, 1.807) is 0 Å². The van der Waals surface area contributed by atoms with Gasteiger partial charge >= 0.3 is 0 Å². The Bertz CT molecular complexity index is 773. The van der Waals surface area contributed by atoms with Gasteiger partial charge in [-0.25, -0.2) is 0 Å². The van der Waals surface area contributed by atoms with Crippen molar-refractivity contribution in [1.29, 1.82) is 0 Å². The lowest BCUT2D eigenvalue weighted by Crippen LogP contribution is -2.35. The summed E-state index contributed by atoms with van der Waals surface area (Å²) in [6, 6.07) is 7.81. The Labute approximate surface area is 143 Å². The highest BCUT2D eigenvalue weighted by atomic mass is 79.9. The number of hydrogen-bond donors (Lipinski definition) is 1. The Morgan fingerprint density at radius 3 is 2.96 bits per heavy atom. The number of benzene rings is 1. The largest absolute Gasteiger partial charge is 0.376 e. The van der Waals surface area contributed by atoms with Gasteiger partial charge in [0.25, 0.3) is 5.91 Å². The van der Waals surface area contributed by atoms with Crippen LogP contribution < -0.4 is 5.32 Å². The van der Waals surface area contributed by atoms with Gasteiger partial charge in [0.15, 0.2) is 0 Å². The molecule has 5 heteroatoms. The second kappa shape index (κ2) is 5.87. The minimum absolute atomic E-state index is 0.0383. The summed E-state index contributed by atoms with van der Waals surface area (Å²) in [6.07, 6.45) is 3.81. The molecule has 1 aromatic heterocycles. The molecule has 23 heavy (non-hydrogen) atoms. The van der Waals surface area contributed by atoms with E-state index in [0.717, 1.165) is 33.4 Å². The molecular formula is C18H19BrN2O2. The third kappa shape index (κ3) is 3.12. The summed E-state index contributed by atoms with van der Waals surface area (Å²) in [5, 5.41) is 4.01. The number of hydrogen-bond acceptors (Lipinski definition) is 3. The number of carbonyl (C=O) groups excluding carboxylic acids is 1. The van der Waals surface area contributed by atoms with Gasteiger partial charge in [-0.05, 0) is 56.4 Å². The number of halogens is 1. The van der Waals surface area contributed by atoms with E-state index >= 15 is 0 Å². The Balaban J connectivity index is 1.58. The first-order chi connectivity index (χ1) is 11.1. The highest BCUT2D eigenvalue weighted by Crippen LogP contribution is 2.38. The molecule has 0 radical (unpaired) electrons. The molecule has 2 fully saturated rings. The van der Waals surface area contributed by atoms with E-state index < -0.39 is 0 Å². The van der Waals surface area contributed by atoms with Crippen LogP contribution in [0.2, 0.25) is 0 Å². The number of fused-ring (bicyclic) bond motifs is 1. The van der Waals surface area contributed by atoms with Gasteiger partial charge in [0, 0.05) is 15.6 Å². The van der Waals surface area contributed by atoms with Crippen molar-refractivity contribution in [3.63, 3.8) is 0 Å². The maximum Gasteiger partial charge on any atom is 0.252 e. The first kappa shape index (κ1) is 15.1. The van der Waals surface area contributed by atoms with Crippen molar-refractivity contribution in [3.8, 4) is 0 Å². The van der Waals surface area contributed by atoms with Crippen LogP contribution in [-0.4, -0.2) is 29.6 Å². The molecule has 2 aromatic rings. The minimum atomic E-state index is -0.0383. The fourth-order valence-corrected chi connectivity index (χ4v) is 3.70. The molecule has 4 nitrogen and oxygen atoms in total. The fourth-order valence-electron chi connectivity index (χ4n) is 3.33. The summed E-state index contributed by atoms with van der Waals surface area (Å²) < 4.78 is 6.77. The first-order valence-electron chi connectivity index (χ1n) is 8.09. The number of carbonyl (C=O) groups is 1. The maximum absolute atomic E-state index is 12.8. The van der Waals surface area contributed by atoms with E-state index in [2.05, 4.69) is 26.2 Å². The molecule has 0 bridgehead atoms. The van der Waals surface area contributed by atoms with E-state index in [1.807, 2.05) is 31.2 Å². The standard InChI is InChI=1S/C18H19BrN2O2/c1-10-6-15(14-7-12(19)4-5-16(14)20-10)18(22)21-13-8-17(23-9-13)11-2-3-11/h4-7,11,13,17H,2-3,8-9H2,1H3,(H,21,22). The fraction of sp³-hybridized carbons (Fsp3) is 0.444. The molecule has 1 saturated heterocycles. The SMILES string of the molecule is Cc1cc(C(=O)NC2COC(C3CC3)C2)c2cc(Br)ccc2n1. The molecule has 2 heterocycles. The number of pyridine rings is 1. The molecule has 1 aliphatic carbocycles. The molecule has 1 N–H and O–H groups in total. The number of nitrogens with one attached hydrogen (secondary N) is 1. The molecule has 1 saturated carbocycles. The van der Waals surface area contributed by atoms with Crippen LogP contribution in [0.1, 0.15) is 35.3 Å². The van der Waals surface area contributed by atoms with Crippen LogP contribution in [0.25, 0.3) is 10.9 Å². The van der Waals surface area contributed by atoms with E-state index in [9.17, 15) is 4.79 Å². The third-order valence-electron chi connectivity index (χ3n) is 4.65. The summed E-state index contributed by atoms with van der Waals surface area (Å²) in [5.74, 6) is 0.681. The molecule has 1 aliphatic heterocycles. The predicted molar refractivity (Wildman–Crippen MR) is 92.5 cm³/mol. The van der Waals surface area contributed by atoms with Crippen molar-refractivity contribution in [2.75, 3.05) is 6.61 Å². The molecular weight excluding hydrogens is 356 g/mol. The molecule has 0 spiro atoms. The zero-order chi connectivity index (χ0) is 16.0. The maximum atomic E-state index is 12.8. The van der Waals surface area contributed by atoms with Crippen molar-refractivity contribution in [2.24, 2.45) is 5.92 Å². The summed E-state index contributed by atoms with van der Waals surface area (Å²) in [6.45, 7) is 2.54. The van der Waals surface area contributed by atoms with E-state index in [0.29, 0.717) is 18.3 Å². The predicted octanol–water partition coefficient (Wildman–Crippen LogP) is 3.60. The van der Waals surface area contributed by atoms with Gasteiger partial charge < -0.3 is 10.1 Å². The average Bonchev–Trinajstić information content (AvgIpc) is 3.27. The van der Waals surface area contributed by atoms with Gasteiger partial charge in [-0.1, -0.05) is 15.9 Å². The van der Waals surface area contributed by atoms with E-state index in [1.165, 1.54) is 12.8 Å². The molecule has 2 aliphatic rings. The lowest BCUT2D eigenvalue weighted by atomic mass is 10.1. The van der Waals surface area contributed by atoms with Crippen LogP contribution in [0, 0.1) is 12.8 Å². The zero-order valence-electron chi connectivity index (χ0n) is 13.0. The summed E-state index contributed by atoms with van der Waals surface area (Å²) in [7, 11) is 0. The van der Waals surface area contributed by atoms with Crippen molar-refractivity contribution in [2.45, 2.75) is 38.3 Å². The van der Waals surface area contributed by atoms with Crippen LogP contribution in [0.3, 0.4) is 0 Å². The second-order valence-corrected chi connectivity index (χ2v) is 7.50. The quantitative estimate of drug-likeness (QED) is 0.892. The molecule has 120 valence electrons. The number of rotatable bonds is 3. The van der Waals surface area contributed by atoms with Crippen molar-refractivity contribution in [3.05, 3.63) is 40.0 Å². The monoisotopic (exact) mass is 374 g/mol. The van der Waals surface area contributed by atoms with Crippen LogP contribution in [0.4, 0.5) is 0 Å². The number of ether oxygens (including phenoxy) is 1. The van der Waals surface area contributed by atoms with Crippen LogP contribution in [-0.2, 0) is 4.74 Å². The second-order valence-electron chi connectivity index (χ2n) is 6.59. The lowest BCUT2D eigenvalue weighted by molar-refractivity contribution is 0.0867. The van der Waals surface area contributed by atoms with Gasteiger partial charge in [-0.2, -0.15) is 0 Å². The topological polar surface area (TPSA) is 51.2 Å². The Morgan fingerprint density at radius 1 is 1.35 bits per heavy atom. The van der Waals surface area contributed by atoms with Gasteiger partial charge in [0.2, 0.25) is 0 Å². The number of aromatic nitrogens is 1. The zero-order valence-corrected chi connectivity index (χ0v) is 14.6. The first-order valence-corrected chi connectivity index (χ1v) is 8.89. The smallest absolute Gasteiger partial charge is 0.252 e. The van der Waals surface area contributed by atoms with Crippen LogP contribution in [0.15, 0.2) is 28.7 Å². The van der Waals surface area contributed by atoms with Gasteiger partial charge in [-0.3, -0.25) is 9.78 Å². The molecule has 2 unspecified atom stereocenters. The summed E-state index contributed by atoms with van der Waals surface area (Å²) in [5.41, 5.74) is 2.38. The number of aryl methyl sites for hydroxylation is 1. The Hall–Kier alpha value is -1.46. The molecule has 4 rings (SSSR count). The summed E-state index contributed by atoms with van der Waals surface area (Å²) in [4.78, 5) is 17.3. The summed E-state index contributed by atoms with van der Waals surface area (Å²) >= 11 is 3.47. The molecule has 2 atom stereocenters. The highest BCUT2D eigenvalue weighted by Gasteiger charge is 2.38. The van der Waals surface area contributed by atoms with Gasteiger partial charge in [0.05, 0.1) is 29.8 Å². The van der Waals surface area contributed by atoms with Gasteiger partial charge in [-0.15, -0.1) is 0 Å². The normalized spacial score (nSPS) is 24.1. The minimum Gasteiger partial charge on any atom is -0.376 e. The third-order valence-corrected chi connectivity index (χ3v) is 5.15. The van der Waals surface area contributed by atoms with Crippen molar-refractivity contribution in [1.82, 2.24) is 10.3 Å². The number of amides is 1. The molecule has 1 aromatic carbocycles. The van der Waals surface area contributed by atoms with Crippen molar-refractivity contribution < 1.29 is 9.53 Å². The van der Waals surface area contributed by atoms with Crippen LogP contribution >= 0.6 is 15.9 Å². The number of nitrogens with zero attached hydrogens (tertiary/aromatic N) is 1. The van der Waals surface area contributed by atoms with E-state index in [4.69, 9.17) is 4.74 Å². The van der Waals surface area contributed by atoms with Gasteiger partial charge in [0.1, 0.15) is 0 Å². The highest BCUT2D eigenvalue weighted by molar-refractivity contribution is 9.10. The lowest BCUT2D eigenvalue weighted by Gasteiger charge is -2.13. The Morgan fingerprint density at radius 2 is 2.17 bits per heavy atom. The Kier molecular flexibility index (Phi) is 3.85. The van der Waals surface area contributed by atoms with E-state index in [-0.39, 0.29) is 11.9 Å². The average molecular weight is 375 g/mol. The molecule has 1 amide bonds. The van der Waals surface area contributed by atoms with Crippen molar-refractivity contribution >= 4 is 32.7 Å².